The topological polar surface area (TPSA) is 132 Å². The molecule has 1 heterocycles. The van der Waals surface area contributed by atoms with E-state index in [9.17, 15) is 24.9 Å². The molecule has 6 atom stereocenters. The smallest absolute Gasteiger partial charge is 0.306 e. The van der Waals surface area contributed by atoms with E-state index in [0.717, 1.165) is 38.5 Å². The normalized spacial score (nSPS) is 23.3. The summed E-state index contributed by atoms with van der Waals surface area (Å²) < 4.78 is 22.1. The first-order valence-corrected chi connectivity index (χ1v) is 16.5. The van der Waals surface area contributed by atoms with Crippen molar-refractivity contribution in [2.45, 2.75) is 180 Å². The van der Waals surface area contributed by atoms with Crippen molar-refractivity contribution in [1.29, 1.82) is 0 Å². The van der Waals surface area contributed by atoms with Gasteiger partial charge in [0.15, 0.2) is 12.4 Å². The minimum atomic E-state index is -1.47. The van der Waals surface area contributed by atoms with Crippen LogP contribution >= 0.6 is 0 Å². The van der Waals surface area contributed by atoms with E-state index in [1.807, 2.05) is 0 Å². The number of unbranched alkanes of at least 4 members (excludes halogenated alkanes) is 15. The van der Waals surface area contributed by atoms with Gasteiger partial charge in [-0.25, -0.2) is 0 Å². The monoisotopic (exact) mass is 588 g/mol. The van der Waals surface area contributed by atoms with Gasteiger partial charge in [0.2, 0.25) is 0 Å². The highest BCUT2D eigenvalue weighted by Gasteiger charge is 2.42. The molecule has 0 spiro atoms. The third-order valence-corrected chi connectivity index (χ3v) is 7.70. The highest BCUT2D eigenvalue weighted by Crippen LogP contribution is 2.22. The van der Waals surface area contributed by atoms with Crippen molar-refractivity contribution in [1.82, 2.24) is 0 Å². The van der Waals surface area contributed by atoms with E-state index in [2.05, 4.69) is 13.8 Å². The van der Waals surface area contributed by atoms with Crippen molar-refractivity contribution >= 4 is 11.9 Å². The molecule has 9 heteroatoms. The van der Waals surface area contributed by atoms with Gasteiger partial charge in [0, 0.05) is 12.8 Å². The van der Waals surface area contributed by atoms with Crippen LogP contribution in [0.5, 0.6) is 0 Å². The third kappa shape index (κ3) is 18.1. The number of esters is 2. The summed E-state index contributed by atoms with van der Waals surface area (Å²) in [4.78, 5) is 24.8. The number of ether oxygens (including phenoxy) is 4. The van der Waals surface area contributed by atoms with Crippen molar-refractivity contribution in [3.8, 4) is 0 Å². The Morgan fingerprint density at radius 3 is 1.61 bits per heavy atom. The lowest BCUT2D eigenvalue weighted by Gasteiger charge is -2.39. The molecular weight excluding hydrogens is 528 g/mol. The number of hydrogen-bond donors (Lipinski definition) is 3. The molecular formula is C32H60O9. The maximum Gasteiger partial charge on any atom is 0.306 e. The maximum absolute atomic E-state index is 12.5. The van der Waals surface area contributed by atoms with E-state index in [-0.39, 0.29) is 25.6 Å². The first kappa shape index (κ1) is 37.8. The molecule has 1 aliphatic rings. The Hall–Kier alpha value is -1.26. The summed E-state index contributed by atoms with van der Waals surface area (Å²) in [5, 5.41) is 30.2. The molecule has 9 nitrogen and oxygen atoms in total. The molecule has 1 saturated heterocycles. The second kappa shape index (κ2) is 24.2. The number of rotatable bonds is 25. The molecule has 0 aromatic rings. The average Bonchev–Trinajstić information content (AvgIpc) is 2.96. The van der Waals surface area contributed by atoms with E-state index >= 15 is 0 Å². The van der Waals surface area contributed by atoms with Gasteiger partial charge in [-0.3, -0.25) is 9.59 Å². The Balaban J connectivity index is 2.43. The summed E-state index contributed by atoms with van der Waals surface area (Å²) in [6, 6.07) is 0. The zero-order valence-electron chi connectivity index (χ0n) is 26.1. The van der Waals surface area contributed by atoms with Crippen molar-refractivity contribution in [3.63, 3.8) is 0 Å². The van der Waals surface area contributed by atoms with Crippen LogP contribution in [-0.4, -0.2) is 77.3 Å². The molecule has 1 fully saturated rings. The van der Waals surface area contributed by atoms with E-state index in [4.69, 9.17) is 18.9 Å². The van der Waals surface area contributed by atoms with Crippen LogP contribution in [0.1, 0.15) is 143 Å². The third-order valence-electron chi connectivity index (χ3n) is 7.70. The Morgan fingerprint density at radius 1 is 0.634 bits per heavy atom. The van der Waals surface area contributed by atoms with Gasteiger partial charge in [-0.15, -0.1) is 0 Å². The summed E-state index contributed by atoms with van der Waals surface area (Å²) in [7, 11) is 0. The van der Waals surface area contributed by atoms with Crippen LogP contribution in [0.2, 0.25) is 0 Å². The molecule has 1 aliphatic heterocycles. The van der Waals surface area contributed by atoms with Crippen molar-refractivity contribution in [2.24, 2.45) is 0 Å². The van der Waals surface area contributed by atoms with Gasteiger partial charge in [0.1, 0.15) is 24.9 Å². The lowest BCUT2D eigenvalue weighted by atomic mass is 10.0. The molecule has 242 valence electrons. The molecule has 0 amide bonds. The first-order chi connectivity index (χ1) is 19.8. The molecule has 0 aromatic carbocycles. The lowest BCUT2D eigenvalue weighted by molar-refractivity contribution is -0.297. The quantitative estimate of drug-likeness (QED) is 0.0902. The van der Waals surface area contributed by atoms with Gasteiger partial charge in [0.05, 0.1) is 12.7 Å². The van der Waals surface area contributed by atoms with Crippen LogP contribution in [-0.2, 0) is 28.5 Å². The molecule has 1 rings (SSSR count). The van der Waals surface area contributed by atoms with E-state index < -0.39 is 42.8 Å². The average molecular weight is 589 g/mol. The SMILES string of the molecule is CCCCCCCCCCCC(=O)OC[C@H](CO[C@@H]1O[C@H](C)[C@@H](O)[C@H](O)[C@H]1O)OC(=O)CCCCCCCCCC. The summed E-state index contributed by atoms with van der Waals surface area (Å²) in [5.74, 6) is -0.744. The fraction of sp³-hybridized carbons (Fsp3) is 0.938. The van der Waals surface area contributed by atoms with Crippen LogP contribution in [0.4, 0.5) is 0 Å². The predicted octanol–water partition coefficient (Wildman–Crippen LogP) is 5.74. The fourth-order valence-electron chi connectivity index (χ4n) is 4.96. The predicted molar refractivity (Wildman–Crippen MR) is 158 cm³/mol. The second-order valence-electron chi connectivity index (χ2n) is 11.6. The number of carbonyl (C=O) groups is 2. The van der Waals surface area contributed by atoms with Crippen LogP contribution in [0.15, 0.2) is 0 Å². The van der Waals surface area contributed by atoms with Gasteiger partial charge in [0.25, 0.3) is 0 Å². The van der Waals surface area contributed by atoms with Gasteiger partial charge >= 0.3 is 11.9 Å². The van der Waals surface area contributed by atoms with Gasteiger partial charge in [-0.05, 0) is 19.8 Å². The Morgan fingerprint density at radius 2 is 1.10 bits per heavy atom. The zero-order chi connectivity index (χ0) is 30.3. The summed E-state index contributed by atoms with van der Waals surface area (Å²) in [5.41, 5.74) is 0. The maximum atomic E-state index is 12.5. The van der Waals surface area contributed by atoms with Crippen LogP contribution in [0.3, 0.4) is 0 Å². The molecule has 0 radical (unpaired) electrons. The van der Waals surface area contributed by atoms with E-state index in [1.165, 1.54) is 70.6 Å². The number of hydrogen-bond acceptors (Lipinski definition) is 9. The Kier molecular flexibility index (Phi) is 22.3. The molecule has 0 aliphatic carbocycles. The van der Waals surface area contributed by atoms with Crippen molar-refractivity contribution < 1.29 is 43.9 Å². The molecule has 3 N–H and O–H groups in total. The molecule has 0 unspecified atom stereocenters. The highest BCUT2D eigenvalue weighted by atomic mass is 16.7. The lowest BCUT2D eigenvalue weighted by Crippen LogP contribution is -2.57. The Labute approximate surface area is 248 Å². The van der Waals surface area contributed by atoms with Crippen LogP contribution in [0, 0.1) is 0 Å². The van der Waals surface area contributed by atoms with Crippen LogP contribution in [0.25, 0.3) is 0 Å². The second-order valence-corrected chi connectivity index (χ2v) is 11.6. The van der Waals surface area contributed by atoms with E-state index in [0.29, 0.717) is 6.42 Å². The highest BCUT2D eigenvalue weighted by molar-refractivity contribution is 5.70. The van der Waals surface area contributed by atoms with E-state index in [1.54, 1.807) is 6.92 Å². The summed E-state index contributed by atoms with van der Waals surface area (Å²) in [6.07, 6.45) is 12.9. The first-order valence-electron chi connectivity index (χ1n) is 16.5. The summed E-state index contributed by atoms with van der Waals surface area (Å²) in [6.45, 7) is 5.62. The minimum absolute atomic E-state index is 0.164. The Bertz CT molecular complexity index is 659. The molecule has 0 bridgehead atoms. The number of aliphatic hydroxyl groups excluding tert-OH is 3. The van der Waals surface area contributed by atoms with Crippen LogP contribution < -0.4 is 0 Å². The van der Waals surface area contributed by atoms with Crippen molar-refractivity contribution in [2.75, 3.05) is 13.2 Å². The van der Waals surface area contributed by atoms with Gasteiger partial charge < -0.3 is 34.3 Å². The standard InChI is InChI=1S/C32H60O9/c1-4-6-8-10-12-14-16-17-19-21-27(33)38-23-26(24-39-32-31(37)30(36)29(35)25(3)40-32)41-28(34)22-20-18-15-13-11-9-7-5-2/h25-26,29-32,35-37H,4-24H2,1-3H3/t25-,26-,29-,30+,31-,32-/m1/s1. The summed E-state index contributed by atoms with van der Waals surface area (Å²) >= 11 is 0. The van der Waals surface area contributed by atoms with Gasteiger partial charge in [-0.2, -0.15) is 0 Å². The largest absolute Gasteiger partial charge is 0.462 e. The minimum Gasteiger partial charge on any atom is -0.462 e. The molecule has 0 saturated carbocycles. The number of aliphatic hydroxyl groups is 3. The molecule has 0 aromatic heterocycles. The fourth-order valence-corrected chi connectivity index (χ4v) is 4.96. The van der Waals surface area contributed by atoms with Gasteiger partial charge in [-0.1, -0.05) is 110 Å². The number of carbonyl (C=O) groups excluding carboxylic acids is 2. The molecule has 41 heavy (non-hydrogen) atoms. The van der Waals surface area contributed by atoms with Crippen molar-refractivity contribution in [3.05, 3.63) is 0 Å². The zero-order valence-corrected chi connectivity index (χ0v) is 26.1.